The number of halogens is 1. The molecule has 1 aliphatic heterocycles. The molecule has 1 heterocycles. The van der Waals surface area contributed by atoms with Gasteiger partial charge in [0.15, 0.2) is 0 Å². The molecule has 0 aromatic heterocycles. The average Bonchev–Trinajstić information content (AvgIpc) is 2.84. The Labute approximate surface area is 110 Å². The molecule has 1 saturated carbocycles. The number of nitrogens with two attached hydrogens (primary N) is 1. The Balaban J connectivity index is 2.01. The number of fused-ring (bicyclic) bond motifs is 1. The van der Waals surface area contributed by atoms with Crippen LogP contribution in [0.5, 0.6) is 0 Å². The van der Waals surface area contributed by atoms with E-state index in [1.54, 1.807) is 0 Å². The highest BCUT2D eigenvalue weighted by Crippen LogP contribution is 2.44. The van der Waals surface area contributed by atoms with E-state index < -0.39 is 5.82 Å². The lowest BCUT2D eigenvalue weighted by Crippen LogP contribution is -2.32. The first kappa shape index (κ1) is 12.1. The second-order valence-electron chi connectivity index (χ2n) is 5.51. The number of benzene rings is 1. The van der Waals surface area contributed by atoms with Gasteiger partial charge in [0.25, 0.3) is 0 Å². The first-order valence-electron chi connectivity index (χ1n) is 6.42. The summed E-state index contributed by atoms with van der Waals surface area (Å²) in [5.74, 6) is -1.38. The van der Waals surface area contributed by atoms with Gasteiger partial charge < -0.3 is 5.73 Å². The summed E-state index contributed by atoms with van der Waals surface area (Å²) in [7, 11) is 0. The summed E-state index contributed by atoms with van der Waals surface area (Å²) in [6.07, 6.45) is 1.41. The van der Waals surface area contributed by atoms with Crippen LogP contribution in [0.2, 0.25) is 0 Å². The van der Waals surface area contributed by atoms with Crippen molar-refractivity contribution in [1.82, 2.24) is 0 Å². The standard InChI is InChI=1S/C14H15FN2O2/c1-7-4-9-10(5-7)14(19)17(13(9)18)12-6-8(16)2-3-11(12)15/h2-3,6-7,9-10H,4-5,16H2,1H3. The summed E-state index contributed by atoms with van der Waals surface area (Å²) in [4.78, 5) is 25.6. The van der Waals surface area contributed by atoms with Crippen molar-refractivity contribution in [3.63, 3.8) is 0 Å². The zero-order valence-electron chi connectivity index (χ0n) is 10.6. The van der Waals surface area contributed by atoms with Crippen LogP contribution in [0.15, 0.2) is 18.2 Å². The molecule has 2 unspecified atom stereocenters. The number of carbonyl (C=O) groups is 2. The first-order chi connectivity index (χ1) is 8.99. The molecule has 1 aliphatic carbocycles. The third-order valence-corrected chi connectivity index (χ3v) is 4.08. The van der Waals surface area contributed by atoms with E-state index >= 15 is 0 Å². The van der Waals surface area contributed by atoms with E-state index in [1.165, 1.54) is 18.2 Å². The second-order valence-corrected chi connectivity index (χ2v) is 5.51. The van der Waals surface area contributed by atoms with Crippen LogP contribution in [0.25, 0.3) is 0 Å². The minimum Gasteiger partial charge on any atom is -0.399 e. The van der Waals surface area contributed by atoms with Gasteiger partial charge in [-0.2, -0.15) is 0 Å². The zero-order chi connectivity index (χ0) is 13.7. The minimum absolute atomic E-state index is 0.0166. The van der Waals surface area contributed by atoms with Crippen LogP contribution in [0.4, 0.5) is 15.8 Å². The van der Waals surface area contributed by atoms with Gasteiger partial charge in [-0.3, -0.25) is 9.59 Å². The van der Waals surface area contributed by atoms with Crippen molar-refractivity contribution in [2.24, 2.45) is 17.8 Å². The quantitative estimate of drug-likeness (QED) is 0.621. The number of carbonyl (C=O) groups excluding carboxylic acids is 2. The minimum atomic E-state index is -0.594. The zero-order valence-corrected chi connectivity index (χ0v) is 10.6. The molecule has 5 heteroatoms. The Kier molecular flexibility index (Phi) is 2.59. The number of imide groups is 1. The van der Waals surface area contributed by atoms with Crippen molar-refractivity contribution in [2.45, 2.75) is 19.8 Å². The smallest absolute Gasteiger partial charge is 0.237 e. The molecular formula is C14H15FN2O2. The van der Waals surface area contributed by atoms with Crippen molar-refractivity contribution in [3.8, 4) is 0 Å². The van der Waals surface area contributed by atoms with Crippen molar-refractivity contribution in [1.29, 1.82) is 0 Å². The van der Waals surface area contributed by atoms with E-state index in [4.69, 9.17) is 5.73 Å². The van der Waals surface area contributed by atoms with Gasteiger partial charge in [0.2, 0.25) is 11.8 Å². The Hall–Kier alpha value is -1.91. The van der Waals surface area contributed by atoms with E-state index in [1.807, 2.05) is 6.92 Å². The van der Waals surface area contributed by atoms with E-state index in [-0.39, 0.29) is 29.3 Å². The van der Waals surface area contributed by atoms with Crippen LogP contribution in [0.3, 0.4) is 0 Å². The summed E-state index contributed by atoms with van der Waals surface area (Å²) >= 11 is 0. The summed E-state index contributed by atoms with van der Waals surface area (Å²) < 4.78 is 13.8. The van der Waals surface area contributed by atoms with Crippen LogP contribution >= 0.6 is 0 Å². The molecule has 0 radical (unpaired) electrons. The maximum absolute atomic E-state index is 13.8. The number of rotatable bonds is 1. The molecule has 1 aromatic rings. The predicted octanol–water partition coefficient (Wildman–Crippen LogP) is 1.94. The summed E-state index contributed by atoms with van der Waals surface area (Å²) in [5, 5.41) is 0. The number of nitrogen functional groups attached to an aromatic ring is 1. The molecule has 100 valence electrons. The third kappa shape index (κ3) is 1.72. The molecule has 3 rings (SSSR count). The van der Waals surface area contributed by atoms with Crippen LogP contribution < -0.4 is 10.6 Å². The lowest BCUT2D eigenvalue weighted by molar-refractivity contribution is -0.123. The maximum atomic E-state index is 13.8. The summed E-state index contributed by atoms with van der Waals surface area (Å²) in [6.45, 7) is 2.03. The molecule has 2 atom stereocenters. The molecule has 1 saturated heterocycles. The Morgan fingerprint density at radius 3 is 2.37 bits per heavy atom. The van der Waals surface area contributed by atoms with Gasteiger partial charge in [-0.05, 0) is 37.0 Å². The van der Waals surface area contributed by atoms with E-state index in [0.717, 1.165) is 4.90 Å². The lowest BCUT2D eigenvalue weighted by atomic mass is 10.00. The molecule has 0 spiro atoms. The summed E-state index contributed by atoms with van der Waals surface area (Å²) in [5.41, 5.74) is 5.93. The number of nitrogens with zero attached hydrogens (tertiary/aromatic N) is 1. The van der Waals surface area contributed by atoms with E-state index in [0.29, 0.717) is 24.4 Å². The number of hydrogen-bond acceptors (Lipinski definition) is 3. The second kappa shape index (κ2) is 4.05. The highest BCUT2D eigenvalue weighted by molar-refractivity contribution is 6.22. The molecule has 0 bridgehead atoms. The summed E-state index contributed by atoms with van der Waals surface area (Å²) in [6, 6.07) is 3.93. The molecule has 2 N–H and O–H groups in total. The third-order valence-electron chi connectivity index (χ3n) is 4.08. The average molecular weight is 262 g/mol. The fraction of sp³-hybridized carbons (Fsp3) is 0.429. The molecular weight excluding hydrogens is 247 g/mol. The van der Waals surface area contributed by atoms with Crippen molar-refractivity contribution in [3.05, 3.63) is 24.0 Å². The first-order valence-corrected chi connectivity index (χ1v) is 6.42. The number of amides is 2. The molecule has 2 fully saturated rings. The van der Waals surface area contributed by atoms with E-state index in [2.05, 4.69) is 0 Å². The largest absolute Gasteiger partial charge is 0.399 e. The number of anilines is 2. The highest BCUT2D eigenvalue weighted by Gasteiger charge is 2.52. The van der Waals surface area contributed by atoms with Gasteiger partial charge in [0.1, 0.15) is 5.82 Å². The molecule has 1 aromatic carbocycles. The Morgan fingerprint density at radius 2 is 1.79 bits per heavy atom. The van der Waals surface area contributed by atoms with Gasteiger partial charge in [-0.25, -0.2) is 9.29 Å². The Bertz CT molecular complexity index is 549. The van der Waals surface area contributed by atoms with Gasteiger partial charge in [0.05, 0.1) is 17.5 Å². The number of hydrogen-bond donors (Lipinski definition) is 1. The predicted molar refractivity (Wildman–Crippen MR) is 68.7 cm³/mol. The van der Waals surface area contributed by atoms with E-state index in [9.17, 15) is 14.0 Å². The van der Waals surface area contributed by atoms with Gasteiger partial charge >= 0.3 is 0 Å². The van der Waals surface area contributed by atoms with Gasteiger partial charge in [-0.1, -0.05) is 6.92 Å². The van der Waals surface area contributed by atoms with Gasteiger partial charge in [-0.15, -0.1) is 0 Å². The fourth-order valence-electron chi connectivity index (χ4n) is 3.22. The normalized spacial score (nSPS) is 30.0. The van der Waals surface area contributed by atoms with Crippen LogP contribution in [-0.2, 0) is 9.59 Å². The molecule has 2 amide bonds. The Morgan fingerprint density at radius 1 is 1.21 bits per heavy atom. The lowest BCUT2D eigenvalue weighted by Gasteiger charge is -2.17. The highest BCUT2D eigenvalue weighted by atomic mass is 19.1. The molecule has 4 nitrogen and oxygen atoms in total. The monoisotopic (exact) mass is 262 g/mol. The molecule has 2 aliphatic rings. The van der Waals surface area contributed by atoms with Crippen molar-refractivity contribution < 1.29 is 14.0 Å². The fourth-order valence-corrected chi connectivity index (χ4v) is 3.22. The van der Waals surface area contributed by atoms with Crippen LogP contribution in [0.1, 0.15) is 19.8 Å². The van der Waals surface area contributed by atoms with Crippen molar-refractivity contribution >= 4 is 23.2 Å². The van der Waals surface area contributed by atoms with Crippen LogP contribution in [0, 0.1) is 23.6 Å². The topological polar surface area (TPSA) is 63.4 Å². The van der Waals surface area contributed by atoms with Crippen molar-refractivity contribution in [2.75, 3.05) is 10.6 Å². The van der Waals surface area contributed by atoms with Gasteiger partial charge in [0, 0.05) is 5.69 Å². The van der Waals surface area contributed by atoms with Crippen LogP contribution in [-0.4, -0.2) is 11.8 Å². The molecule has 19 heavy (non-hydrogen) atoms. The SMILES string of the molecule is CC1CC2C(=O)N(c3cc(N)ccc3F)C(=O)C2C1. The maximum Gasteiger partial charge on any atom is 0.237 e.